The fourth-order valence-corrected chi connectivity index (χ4v) is 9.37. The molecule has 0 radical (unpaired) electrons. The summed E-state index contributed by atoms with van der Waals surface area (Å²) in [5, 5.41) is 4.73. The maximum absolute atomic E-state index is 7.89. The first-order chi connectivity index (χ1) is 29.0. The van der Waals surface area contributed by atoms with E-state index in [2.05, 4.69) is 229 Å². The molecular formula is C56H54Cl2N2S. The van der Waals surface area contributed by atoms with Crippen LogP contribution in [0, 0.1) is 0 Å². The minimum atomic E-state index is -0.0738. The summed E-state index contributed by atoms with van der Waals surface area (Å²) < 4.78 is 1.23. The molecule has 0 bridgehead atoms. The monoisotopic (exact) mass is 856 g/mol. The second-order valence-electron chi connectivity index (χ2n) is 19.1. The summed E-state index contributed by atoms with van der Waals surface area (Å²) in [7, 11) is 0. The lowest BCUT2D eigenvalue weighted by Gasteiger charge is -2.32. The van der Waals surface area contributed by atoms with Crippen LogP contribution in [0.1, 0.15) is 79.0 Å². The molecule has 0 aliphatic rings. The third-order valence-corrected chi connectivity index (χ3v) is 13.2. The van der Waals surface area contributed by atoms with Crippen LogP contribution in [0.3, 0.4) is 0 Å². The molecule has 5 heteroatoms. The van der Waals surface area contributed by atoms with Gasteiger partial charge >= 0.3 is 0 Å². The Morgan fingerprint density at radius 3 is 1.51 bits per heavy atom. The molecule has 0 spiro atoms. The van der Waals surface area contributed by atoms with Crippen LogP contribution in [0.5, 0.6) is 0 Å². The lowest BCUT2D eigenvalue weighted by atomic mass is 9.86. The van der Waals surface area contributed by atoms with Gasteiger partial charge in [-0.15, -0.1) is 11.3 Å². The van der Waals surface area contributed by atoms with Gasteiger partial charge in [-0.1, -0.05) is 183 Å². The van der Waals surface area contributed by atoms with Gasteiger partial charge in [0.05, 0.1) is 32.8 Å². The number of rotatable bonds is 8. The van der Waals surface area contributed by atoms with Crippen molar-refractivity contribution in [3.63, 3.8) is 0 Å². The molecule has 0 unspecified atom stereocenters. The lowest BCUT2D eigenvalue weighted by Crippen LogP contribution is -2.16. The van der Waals surface area contributed by atoms with Crippen molar-refractivity contribution < 1.29 is 0 Å². The fourth-order valence-electron chi connectivity index (χ4n) is 7.90. The van der Waals surface area contributed by atoms with Gasteiger partial charge in [0.15, 0.2) is 0 Å². The average Bonchev–Trinajstić information content (AvgIpc) is 3.65. The molecule has 308 valence electrons. The lowest BCUT2D eigenvalue weighted by molar-refractivity contribution is 0.590. The number of fused-ring (bicyclic) bond motifs is 1. The number of benzene rings is 7. The quantitative estimate of drug-likeness (QED) is 0.150. The van der Waals surface area contributed by atoms with Gasteiger partial charge in [0.25, 0.3) is 0 Å². The van der Waals surface area contributed by atoms with Gasteiger partial charge < -0.3 is 9.80 Å². The summed E-state index contributed by atoms with van der Waals surface area (Å²) in [6.45, 7) is 20.2. The Kier molecular flexibility index (Phi) is 11.5. The standard InChI is InChI=1S/C56H54Cl2N2S/c1-54(2,3)41-25-29-44(30-26-41)59(51-36-61-52-32-28-42(34-46(51)52)55(4,5)6)49-19-14-20-50(53(49)58)60(48-31-27-43(35-47(48)57)56(7,8)9)45-18-13-17-40(33-45)39-23-21-38(22-24-39)37-15-11-10-12-16-37/h10-36H,1-9H3. The van der Waals surface area contributed by atoms with E-state index < -0.39 is 0 Å². The Hall–Kier alpha value is -5.32. The van der Waals surface area contributed by atoms with Crippen LogP contribution in [0.4, 0.5) is 34.1 Å². The number of nitrogens with zero attached hydrogens (tertiary/aromatic N) is 2. The van der Waals surface area contributed by atoms with E-state index in [4.69, 9.17) is 23.2 Å². The molecule has 0 aliphatic heterocycles. The predicted octanol–water partition coefficient (Wildman–Crippen LogP) is 18.4. The zero-order valence-electron chi connectivity index (χ0n) is 36.6. The van der Waals surface area contributed by atoms with Gasteiger partial charge in [0.2, 0.25) is 0 Å². The van der Waals surface area contributed by atoms with Crippen LogP contribution in [0.2, 0.25) is 10.0 Å². The number of halogens is 2. The minimum Gasteiger partial charge on any atom is -0.307 e. The van der Waals surface area contributed by atoms with E-state index in [1.165, 1.54) is 32.3 Å². The van der Waals surface area contributed by atoms with E-state index in [0.29, 0.717) is 10.0 Å². The number of hydrogen-bond acceptors (Lipinski definition) is 3. The van der Waals surface area contributed by atoms with E-state index in [9.17, 15) is 0 Å². The first kappa shape index (κ1) is 42.4. The van der Waals surface area contributed by atoms with Crippen molar-refractivity contribution in [1.29, 1.82) is 0 Å². The van der Waals surface area contributed by atoms with Gasteiger partial charge in [-0.25, -0.2) is 0 Å². The van der Waals surface area contributed by atoms with Crippen molar-refractivity contribution in [2.45, 2.75) is 78.6 Å². The Morgan fingerprint density at radius 2 is 0.902 bits per heavy atom. The highest BCUT2D eigenvalue weighted by Gasteiger charge is 2.27. The molecule has 0 N–H and O–H groups in total. The summed E-state index contributed by atoms with van der Waals surface area (Å²) in [6.07, 6.45) is 0. The third-order valence-electron chi connectivity index (χ3n) is 11.6. The second kappa shape index (κ2) is 16.5. The molecule has 0 atom stereocenters. The smallest absolute Gasteiger partial charge is 0.0887 e. The normalized spacial score (nSPS) is 12.2. The SMILES string of the molecule is CC(C)(C)c1ccc(N(c2cccc(N(c3cccc(-c4ccc(-c5ccccc5)cc4)c3)c3ccc(C(C)(C)C)cc3Cl)c2Cl)c2csc3ccc(C(C)(C)C)cc23)cc1. The topological polar surface area (TPSA) is 6.48 Å². The molecule has 8 rings (SSSR count). The third kappa shape index (κ3) is 8.75. The molecule has 0 aliphatic carbocycles. The van der Waals surface area contributed by atoms with Crippen molar-refractivity contribution in [3.05, 3.63) is 190 Å². The maximum Gasteiger partial charge on any atom is 0.0887 e. The van der Waals surface area contributed by atoms with Crippen LogP contribution >= 0.6 is 34.5 Å². The van der Waals surface area contributed by atoms with E-state index in [0.717, 1.165) is 50.8 Å². The number of anilines is 6. The molecule has 0 saturated carbocycles. The van der Waals surface area contributed by atoms with Crippen molar-refractivity contribution >= 4 is 78.7 Å². The van der Waals surface area contributed by atoms with E-state index in [-0.39, 0.29) is 16.2 Å². The number of thiophene rings is 1. The highest BCUT2D eigenvalue weighted by Crippen LogP contribution is 2.51. The average molecular weight is 858 g/mol. The summed E-state index contributed by atoms with van der Waals surface area (Å²) in [5.74, 6) is 0. The Labute approximate surface area is 377 Å². The highest BCUT2D eigenvalue weighted by molar-refractivity contribution is 7.17. The molecule has 61 heavy (non-hydrogen) atoms. The van der Waals surface area contributed by atoms with Crippen molar-refractivity contribution in [2.24, 2.45) is 0 Å². The van der Waals surface area contributed by atoms with E-state index in [1.54, 1.807) is 11.3 Å². The van der Waals surface area contributed by atoms with Gasteiger partial charge in [0, 0.05) is 26.8 Å². The minimum absolute atomic E-state index is 0.00900. The molecule has 0 fully saturated rings. The summed E-state index contributed by atoms with van der Waals surface area (Å²) in [6, 6.07) is 56.5. The molecule has 8 aromatic rings. The Morgan fingerprint density at radius 1 is 0.393 bits per heavy atom. The van der Waals surface area contributed by atoms with Crippen molar-refractivity contribution in [2.75, 3.05) is 9.80 Å². The van der Waals surface area contributed by atoms with Crippen molar-refractivity contribution in [3.8, 4) is 22.3 Å². The van der Waals surface area contributed by atoms with Crippen molar-refractivity contribution in [1.82, 2.24) is 0 Å². The van der Waals surface area contributed by atoms with Crippen LogP contribution in [0.15, 0.2) is 163 Å². The molecule has 2 nitrogen and oxygen atoms in total. The number of hydrogen-bond donors (Lipinski definition) is 0. The summed E-state index contributed by atoms with van der Waals surface area (Å²) in [4.78, 5) is 4.55. The maximum atomic E-state index is 7.89. The van der Waals surface area contributed by atoms with Crippen LogP contribution < -0.4 is 9.80 Å². The largest absolute Gasteiger partial charge is 0.307 e. The van der Waals surface area contributed by atoms with Crippen LogP contribution in [0.25, 0.3) is 32.3 Å². The Bertz CT molecular complexity index is 2820. The van der Waals surface area contributed by atoms with Crippen LogP contribution in [-0.2, 0) is 16.2 Å². The fraction of sp³-hybridized carbons (Fsp3) is 0.214. The second-order valence-corrected chi connectivity index (χ2v) is 20.8. The Balaban J connectivity index is 1.32. The molecule has 1 heterocycles. The summed E-state index contributed by atoms with van der Waals surface area (Å²) >= 11 is 17.0. The van der Waals surface area contributed by atoms with E-state index in [1.807, 2.05) is 6.07 Å². The molecular weight excluding hydrogens is 804 g/mol. The predicted molar refractivity (Wildman–Crippen MR) is 268 cm³/mol. The highest BCUT2D eigenvalue weighted by atomic mass is 35.5. The first-order valence-electron chi connectivity index (χ1n) is 21.0. The summed E-state index contributed by atoms with van der Waals surface area (Å²) in [5.41, 5.74) is 13.9. The zero-order chi connectivity index (χ0) is 43.3. The van der Waals surface area contributed by atoms with Gasteiger partial charge in [0.1, 0.15) is 0 Å². The zero-order valence-corrected chi connectivity index (χ0v) is 39.0. The van der Waals surface area contributed by atoms with Gasteiger partial charge in [-0.05, 0) is 116 Å². The molecule has 0 saturated heterocycles. The molecule has 7 aromatic carbocycles. The van der Waals surface area contributed by atoms with Gasteiger partial charge in [-0.2, -0.15) is 0 Å². The van der Waals surface area contributed by atoms with Gasteiger partial charge in [-0.3, -0.25) is 0 Å². The van der Waals surface area contributed by atoms with Crippen LogP contribution in [-0.4, -0.2) is 0 Å². The molecule has 0 amide bonds. The van der Waals surface area contributed by atoms with E-state index >= 15 is 0 Å². The first-order valence-corrected chi connectivity index (χ1v) is 22.7. The molecule has 1 aromatic heterocycles.